The lowest BCUT2D eigenvalue weighted by Gasteiger charge is -2.06. The summed E-state index contributed by atoms with van der Waals surface area (Å²) in [6, 6.07) is 6.42. The molecular formula is C15H14BrN5OS2. The van der Waals surface area contributed by atoms with Crippen molar-refractivity contribution in [1.29, 1.82) is 0 Å². The number of rotatable bonds is 6. The predicted molar refractivity (Wildman–Crippen MR) is 97.5 cm³/mol. The van der Waals surface area contributed by atoms with Crippen molar-refractivity contribution >= 4 is 39.0 Å². The van der Waals surface area contributed by atoms with Gasteiger partial charge in [0, 0.05) is 15.6 Å². The van der Waals surface area contributed by atoms with E-state index in [1.807, 2.05) is 22.9 Å². The fourth-order valence-corrected chi connectivity index (χ4v) is 4.46. The number of thiazole rings is 1. The van der Waals surface area contributed by atoms with Gasteiger partial charge in [-0.25, -0.2) is 9.67 Å². The zero-order valence-electron chi connectivity index (χ0n) is 12.8. The normalized spacial score (nSPS) is 14.1. The zero-order valence-corrected chi connectivity index (χ0v) is 16.1. The summed E-state index contributed by atoms with van der Waals surface area (Å²) in [5.74, 6) is 1.57. The Hall–Kier alpha value is -1.45. The van der Waals surface area contributed by atoms with E-state index < -0.39 is 0 Å². The summed E-state index contributed by atoms with van der Waals surface area (Å²) in [6.07, 6.45) is 2.34. The molecule has 0 N–H and O–H groups in total. The molecule has 1 aliphatic rings. The summed E-state index contributed by atoms with van der Waals surface area (Å²) in [5.41, 5.74) is 2.02. The van der Waals surface area contributed by atoms with Crippen LogP contribution >= 0.6 is 39.0 Å². The van der Waals surface area contributed by atoms with Crippen LogP contribution in [0, 0.1) is 0 Å². The van der Waals surface area contributed by atoms with Gasteiger partial charge in [-0.3, -0.25) is 0 Å². The third-order valence-electron chi connectivity index (χ3n) is 3.65. The van der Waals surface area contributed by atoms with E-state index in [9.17, 15) is 0 Å². The van der Waals surface area contributed by atoms with Gasteiger partial charge in [0.2, 0.25) is 5.16 Å². The largest absolute Gasteiger partial charge is 0.496 e. The van der Waals surface area contributed by atoms with Crippen LogP contribution in [0.15, 0.2) is 33.2 Å². The fraction of sp³-hybridized carbons (Fsp3) is 0.333. The molecule has 1 aliphatic carbocycles. The van der Waals surface area contributed by atoms with Crippen molar-refractivity contribution in [2.45, 2.75) is 29.8 Å². The number of methoxy groups -OCH3 is 1. The molecule has 0 atom stereocenters. The van der Waals surface area contributed by atoms with Gasteiger partial charge in [-0.1, -0.05) is 27.7 Å². The van der Waals surface area contributed by atoms with Crippen molar-refractivity contribution < 1.29 is 4.74 Å². The van der Waals surface area contributed by atoms with Gasteiger partial charge in [-0.2, -0.15) is 0 Å². The monoisotopic (exact) mass is 423 g/mol. The van der Waals surface area contributed by atoms with Gasteiger partial charge in [0.1, 0.15) is 10.8 Å². The quantitative estimate of drug-likeness (QED) is 0.553. The first-order valence-corrected chi connectivity index (χ1v) is 10.1. The highest BCUT2D eigenvalue weighted by molar-refractivity contribution is 9.10. The average Bonchev–Trinajstić information content (AvgIpc) is 3.14. The van der Waals surface area contributed by atoms with Crippen molar-refractivity contribution in [3.8, 4) is 16.3 Å². The van der Waals surface area contributed by atoms with Crippen LogP contribution < -0.4 is 4.74 Å². The first-order chi connectivity index (χ1) is 11.7. The number of hydrogen-bond donors (Lipinski definition) is 0. The number of benzene rings is 1. The lowest BCUT2D eigenvalue weighted by molar-refractivity contribution is 0.416. The van der Waals surface area contributed by atoms with E-state index in [-0.39, 0.29) is 0 Å². The molecular weight excluding hydrogens is 410 g/mol. The molecule has 9 heteroatoms. The maximum atomic E-state index is 5.44. The minimum Gasteiger partial charge on any atom is -0.496 e. The molecule has 0 aliphatic heterocycles. The van der Waals surface area contributed by atoms with E-state index in [0.29, 0.717) is 6.04 Å². The first kappa shape index (κ1) is 16.0. The number of tetrazole rings is 1. The van der Waals surface area contributed by atoms with Crippen molar-refractivity contribution in [1.82, 2.24) is 25.2 Å². The van der Waals surface area contributed by atoms with Crippen molar-refractivity contribution in [3.63, 3.8) is 0 Å². The molecule has 6 nitrogen and oxygen atoms in total. The van der Waals surface area contributed by atoms with Gasteiger partial charge in [0.25, 0.3) is 0 Å². The highest BCUT2D eigenvalue weighted by Gasteiger charge is 2.27. The maximum Gasteiger partial charge on any atom is 0.209 e. The molecule has 2 aromatic heterocycles. The SMILES string of the molecule is COc1ccc(Br)cc1-c1nc(CSc2nnnn2C2CC2)cs1. The zero-order chi connectivity index (χ0) is 16.5. The van der Waals surface area contributed by atoms with E-state index in [1.165, 1.54) is 12.8 Å². The molecule has 0 bridgehead atoms. The molecule has 0 spiro atoms. The first-order valence-electron chi connectivity index (χ1n) is 7.43. The van der Waals surface area contributed by atoms with Gasteiger partial charge >= 0.3 is 0 Å². The van der Waals surface area contributed by atoms with Crippen LogP contribution in [0.4, 0.5) is 0 Å². The van der Waals surface area contributed by atoms with Crippen molar-refractivity contribution in [2.24, 2.45) is 0 Å². The molecule has 24 heavy (non-hydrogen) atoms. The van der Waals surface area contributed by atoms with Crippen LogP contribution in [0.1, 0.15) is 24.6 Å². The second kappa shape index (κ2) is 6.81. The summed E-state index contributed by atoms with van der Waals surface area (Å²) in [5, 5.41) is 15.9. The lowest BCUT2D eigenvalue weighted by atomic mass is 10.2. The number of aromatic nitrogens is 5. The molecule has 124 valence electrons. The Labute approximate surface area is 155 Å². The number of hydrogen-bond acceptors (Lipinski definition) is 7. The number of nitrogens with zero attached hydrogens (tertiary/aromatic N) is 5. The van der Waals surface area contributed by atoms with Crippen LogP contribution in [0.3, 0.4) is 0 Å². The Balaban J connectivity index is 1.51. The Morgan fingerprint density at radius 3 is 3.08 bits per heavy atom. The molecule has 0 radical (unpaired) electrons. The summed E-state index contributed by atoms with van der Waals surface area (Å²) in [6.45, 7) is 0. The van der Waals surface area contributed by atoms with E-state index in [2.05, 4.69) is 36.8 Å². The highest BCUT2D eigenvalue weighted by atomic mass is 79.9. The van der Waals surface area contributed by atoms with Crippen LogP contribution in [0.2, 0.25) is 0 Å². The third-order valence-corrected chi connectivity index (χ3v) is 6.03. The fourth-order valence-electron chi connectivity index (χ4n) is 2.31. The lowest BCUT2D eigenvalue weighted by Crippen LogP contribution is -1.98. The molecule has 1 saturated carbocycles. The Morgan fingerprint density at radius 2 is 2.29 bits per heavy atom. The maximum absolute atomic E-state index is 5.44. The summed E-state index contributed by atoms with van der Waals surface area (Å²) in [4.78, 5) is 4.74. The van der Waals surface area contributed by atoms with E-state index in [0.717, 1.165) is 37.4 Å². The second-order valence-electron chi connectivity index (χ2n) is 5.41. The van der Waals surface area contributed by atoms with Gasteiger partial charge in [-0.05, 0) is 41.5 Å². The summed E-state index contributed by atoms with van der Waals surface area (Å²) < 4.78 is 8.38. The third kappa shape index (κ3) is 3.33. The summed E-state index contributed by atoms with van der Waals surface area (Å²) in [7, 11) is 1.68. The molecule has 2 heterocycles. The van der Waals surface area contributed by atoms with Crippen LogP contribution in [0.25, 0.3) is 10.6 Å². The molecule has 1 fully saturated rings. The Kier molecular flexibility index (Phi) is 4.55. The molecule has 3 aromatic rings. The minimum atomic E-state index is 0.486. The Bertz CT molecular complexity index is 861. The molecule has 0 unspecified atom stereocenters. The van der Waals surface area contributed by atoms with E-state index in [4.69, 9.17) is 9.72 Å². The van der Waals surface area contributed by atoms with Crippen molar-refractivity contribution in [2.75, 3.05) is 7.11 Å². The van der Waals surface area contributed by atoms with Gasteiger partial charge < -0.3 is 4.74 Å². The number of ether oxygens (including phenoxy) is 1. The van der Waals surface area contributed by atoms with Gasteiger partial charge in [-0.15, -0.1) is 16.4 Å². The Morgan fingerprint density at radius 1 is 1.42 bits per heavy atom. The van der Waals surface area contributed by atoms with Crippen LogP contribution in [-0.2, 0) is 5.75 Å². The van der Waals surface area contributed by atoms with Gasteiger partial charge in [0.05, 0.1) is 24.4 Å². The molecule has 0 amide bonds. The number of thioether (sulfide) groups is 1. The topological polar surface area (TPSA) is 65.7 Å². The molecule has 1 aromatic carbocycles. The van der Waals surface area contributed by atoms with Crippen LogP contribution in [0.5, 0.6) is 5.75 Å². The van der Waals surface area contributed by atoms with E-state index >= 15 is 0 Å². The molecule has 4 rings (SSSR count). The smallest absolute Gasteiger partial charge is 0.209 e. The van der Waals surface area contributed by atoms with Crippen LogP contribution in [-0.4, -0.2) is 32.3 Å². The average molecular weight is 424 g/mol. The summed E-state index contributed by atoms with van der Waals surface area (Å²) >= 11 is 6.75. The van der Waals surface area contributed by atoms with Gasteiger partial charge in [0.15, 0.2) is 0 Å². The predicted octanol–water partition coefficient (Wildman–Crippen LogP) is 4.19. The highest BCUT2D eigenvalue weighted by Crippen LogP contribution is 2.38. The second-order valence-corrected chi connectivity index (χ2v) is 8.13. The van der Waals surface area contributed by atoms with Crippen molar-refractivity contribution in [3.05, 3.63) is 33.7 Å². The molecule has 0 saturated heterocycles. The minimum absolute atomic E-state index is 0.486. The number of halogens is 1. The van der Waals surface area contributed by atoms with E-state index in [1.54, 1.807) is 30.2 Å². The standard InChI is InChI=1S/C15H14BrN5OS2/c1-22-13-5-2-9(16)6-12(13)14-17-10(7-23-14)8-24-15-18-19-20-21(15)11-3-4-11/h2,5-7,11H,3-4,8H2,1H3.